The van der Waals surface area contributed by atoms with Crippen LogP contribution in [0.25, 0.3) is 0 Å². The summed E-state index contributed by atoms with van der Waals surface area (Å²) >= 11 is 0. The van der Waals surface area contributed by atoms with Crippen LogP contribution >= 0.6 is 0 Å². The molecule has 0 aromatic heterocycles. The van der Waals surface area contributed by atoms with Gasteiger partial charge in [0, 0.05) is 24.8 Å². The Bertz CT molecular complexity index is 475. The quantitative estimate of drug-likeness (QED) is 0.367. The van der Waals surface area contributed by atoms with Gasteiger partial charge in [0.2, 0.25) is 5.82 Å². The summed E-state index contributed by atoms with van der Waals surface area (Å²) in [4.78, 5) is 11.1. The van der Waals surface area contributed by atoms with Crippen LogP contribution in [0.5, 0.6) is 0 Å². The van der Waals surface area contributed by atoms with E-state index in [1.54, 1.807) is 0 Å². The molecule has 118 valence electrons. The average molecular weight is 304 g/mol. The summed E-state index contributed by atoms with van der Waals surface area (Å²) in [5, 5.41) is 47.4. The van der Waals surface area contributed by atoms with Gasteiger partial charge < -0.3 is 25.3 Å². The van der Waals surface area contributed by atoms with E-state index in [0.29, 0.717) is 0 Å². The zero-order chi connectivity index (χ0) is 16.0. The molecule has 2 unspecified atom stereocenters. The number of anilines is 1. The lowest BCUT2D eigenvalue weighted by atomic mass is 10.2. The van der Waals surface area contributed by atoms with Gasteiger partial charge in [0.1, 0.15) is 0 Å². The second-order valence-corrected chi connectivity index (χ2v) is 4.47. The maximum absolute atomic E-state index is 13.3. The third-order valence-electron chi connectivity index (χ3n) is 2.78. The van der Waals surface area contributed by atoms with E-state index in [9.17, 15) is 24.7 Å². The van der Waals surface area contributed by atoms with E-state index < -0.39 is 41.8 Å². The minimum absolute atomic E-state index is 0.143. The molecule has 0 amide bonds. The summed E-state index contributed by atoms with van der Waals surface area (Å²) in [6.45, 7) is -1.38. The van der Waals surface area contributed by atoms with E-state index in [0.717, 1.165) is 12.1 Å². The highest BCUT2D eigenvalue weighted by molar-refractivity contribution is 5.54. The first-order valence-corrected chi connectivity index (χ1v) is 6.15. The molecule has 0 aliphatic carbocycles. The van der Waals surface area contributed by atoms with Gasteiger partial charge in [0.15, 0.2) is 0 Å². The molecule has 0 saturated carbocycles. The van der Waals surface area contributed by atoms with Crippen LogP contribution in [0.3, 0.4) is 0 Å². The predicted octanol–water partition coefficient (Wildman–Crippen LogP) is -0.753. The molecule has 0 aliphatic rings. The van der Waals surface area contributed by atoms with Crippen molar-refractivity contribution >= 4 is 11.4 Å². The molecule has 0 aliphatic heterocycles. The SMILES string of the molecule is O=[N+]([O-])c1cc(N(CC(O)CO)CC(O)CO)ccc1F. The Balaban J connectivity index is 3.06. The number of nitro benzene ring substituents is 1. The third-order valence-corrected chi connectivity index (χ3v) is 2.78. The number of nitrogens with zero attached hydrogens (tertiary/aromatic N) is 2. The Labute approximate surface area is 119 Å². The molecule has 8 nitrogen and oxygen atoms in total. The second-order valence-electron chi connectivity index (χ2n) is 4.47. The van der Waals surface area contributed by atoms with Crippen LogP contribution in [-0.4, -0.2) is 63.9 Å². The summed E-state index contributed by atoms with van der Waals surface area (Å²) < 4.78 is 13.3. The van der Waals surface area contributed by atoms with Crippen molar-refractivity contribution in [2.45, 2.75) is 12.2 Å². The molecule has 0 radical (unpaired) electrons. The molecule has 0 bridgehead atoms. The second kappa shape index (κ2) is 7.84. The molecule has 0 fully saturated rings. The molecule has 0 saturated heterocycles. The van der Waals surface area contributed by atoms with Gasteiger partial charge >= 0.3 is 5.69 Å². The highest BCUT2D eigenvalue weighted by atomic mass is 19.1. The van der Waals surface area contributed by atoms with Crippen LogP contribution in [0, 0.1) is 15.9 Å². The van der Waals surface area contributed by atoms with Crippen molar-refractivity contribution in [1.29, 1.82) is 0 Å². The standard InChI is InChI=1S/C12H17FN2O6/c13-11-2-1-8(3-12(11)15(20)21)14(4-9(18)6-16)5-10(19)7-17/h1-3,9-10,16-19H,4-7H2. The number of aliphatic hydroxyl groups is 4. The van der Waals surface area contributed by atoms with E-state index in [1.165, 1.54) is 11.0 Å². The first kappa shape index (κ1) is 17.2. The molecule has 0 heterocycles. The first-order chi connectivity index (χ1) is 9.88. The smallest absolute Gasteiger partial charge is 0.306 e. The zero-order valence-electron chi connectivity index (χ0n) is 11.1. The predicted molar refractivity (Wildman–Crippen MR) is 71.5 cm³/mol. The summed E-state index contributed by atoms with van der Waals surface area (Å²) in [5.74, 6) is -1.01. The Morgan fingerprint density at radius 2 is 1.71 bits per heavy atom. The van der Waals surface area contributed by atoms with E-state index in [4.69, 9.17) is 10.2 Å². The van der Waals surface area contributed by atoms with Crippen LogP contribution in [0.1, 0.15) is 0 Å². The van der Waals surface area contributed by atoms with Gasteiger partial charge in [0.05, 0.1) is 30.3 Å². The van der Waals surface area contributed by atoms with Crippen LogP contribution in [0.15, 0.2) is 18.2 Å². The summed E-state index contributed by atoms with van der Waals surface area (Å²) in [6, 6.07) is 3.11. The fraction of sp³-hybridized carbons (Fsp3) is 0.500. The summed E-state index contributed by atoms with van der Waals surface area (Å²) in [7, 11) is 0. The van der Waals surface area contributed by atoms with Crippen LogP contribution in [-0.2, 0) is 0 Å². The van der Waals surface area contributed by atoms with E-state index in [1.807, 2.05) is 0 Å². The Morgan fingerprint density at radius 3 is 2.14 bits per heavy atom. The number of aliphatic hydroxyl groups excluding tert-OH is 4. The molecule has 4 N–H and O–H groups in total. The molecular formula is C12H17FN2O6. The molecule has 0 spiro atoms. The molecular weight excluding hydrogens is 287 g/mol. The third kappa shape index (κ3) is 4.90. The van der Waals surface area contributed by atoms with Crippen molar-refractivity contribution in [3.63, 3.8) is 0 Å². The average Bonchev–Trinajstić information content (AvgIpc) is 2.46. The fourth-order valence-corrected chi connectivity index (χ4v) is 1.75. The number of hydrogen-bond acceptors (Lipinski definition) is 7. The van der Waals surface area contributed by atoms with Gasteiger partial charge in [-0.25, -0.2) is 0 Å². The minimum Gasteiger partial charge on any atom is -0.394 e. The fourth-order valence-electron chi connectivity index (χ4n) is 1.75. The lowest BCUT2D eigenvalue weighted by Crippen LogP contribution is -2.40. The topological polar surface area (TPSA) is 127 Å². The van der Waals surface area contributed by atoms with E-state index in [-0.39, 0.29) is 18.8 Å². The zero-order valence-corrected chi connectivity index (χ0v) is 11.1. The van der Waals surface area contributed by atoms with Crippen molar-refractivity contribution in [3.05, 3.63) is 34.1 Å². The molecule has 1 aromatic rings. The molecule has 1 rings (SSSR count). The maximum atomic E-state index is 13.3. The normalized spacial score (nSPS) is 13.8. The number of nitro groups is 1. The highest BCUT2D eigenvalue weighted by Crippen LogP contribution is 2.24. The number of benzene rings is 1. The molecule has 21 heavy (non-hydrogen) atoms. The lowest BCUT2D eigenvalue weighted by molar-refractivity contribution is -0.387. The molecule has 2 atom stereocenters. The van der Waals surface area contributed by atoms with Gasteiger partial charge in [-0.2, -0.15) is 4.39 Å². The summed E-state index contributed by atoms with van der Waals surface area (Å²) in [5.41, 5.74) is -0.558. The van der Waals surface area contributed by atoms with Crippen LogP contribution in [0.4, 0.5) is 15.8 Å². The number of hydrogen-bond donors (Lipinski definition) is 4. The van der Waals surface area contributed by atoms with Crippen LogP contribution < -0.4 is 4.90 Å². The van der Waals surface area contributed by atoms with Crippen molar-refractivity contribution in [1.82, 2.24) is 0 Å². The van der Waals surface area contributed by atoms with Gasteiger partial charge in [-0.1, -0.05) is 0 Å². The van der Waals surface area contributed by atoms with E-state index >= 15 is 0 Å². The van der Waals surface area contributed by atoms with Gasteiger partial charge in [-0.3, -0.25) is 10.1 Å². The maximum Gasteiger partial charge on any atom is 0.306 e. The molecule has 1 aromatic carbocycles. The van der Waals surface area contributed by atoms with Crippen molar-refractivity contribution in [3.8, 4) is 0 Å². The lowest BCUT2D eigenvalue weighted by Gasteiger charge is -2.28. The van der Waals surface area contributed by atoms with Gasteiger partial charge in [0.25, 0.3) is 0 Å². The Morgan fingerprint density at radius 1 is 1.19 bits per heavy atom. The Kier molecular flexibility index (Phi) is 6.43. The highest BCUT2D eigenvalue weighted by Gasteiger charge is 2.20. The largest absolute Gasteiger partial charge is 0.394 e. The molecule has 9 heteroatoms. The summed E-state index contributed by atoms with van der Waals surface area (Å²) in [6.07, 6.45) is -2.31. The first-order valence-electron chi connectivity index (χ1n) is 6.15. The minimum atomic E-state index is -1.15. The van der Waals surface area contributed by atoms with Crippen molar-refractivity contribution in [2.75, 3.05) is 31.2 Å². The Hall–Kier alpha value is -1.81. The van der Waals surface area contributed by atoms with E-state index in [2.05, 4.69) is 0 Å². The van der Waals surface area contributed by atoms with Crippen molar-refractivity contribution < 1.29 is 29.7 Å². The number of rotatable bonds is 8. The van der Waals surface area contributed by atoms with Gasteiger partial charge in [-0.05, 0) is 12.1 Å². The number of halogens is 1. The van der Waals surface area contributed by atoms with Gasteiger partial charge in [-0.15, -0.1) is 0 Å². The van der Waals surface area contributed by atoms with Crippen LogP contribution in [0.2, 0.25) is 0 Å². The monoisotopic (exact) mass is 304 g/mol. The van der Waals surface area contributed by atoms with Crippen molar-refractivity contribution in [2.24, 2.45) is 0 Å².